The van der Waals surface area contributed by atoms with Crippen LogP contribution in [0.3, 0.4) is 0 Å². The van der Waals surface area contributed by atoms with Crippen LogP contribution in [0.15, 0.2) is 35.2 Å². The molecule has 0 bridgehead atoms. The van der Waals surface area contributed by atoms with Gasteiger partial charge in [0.05, 0.1) is 19.0 Å². The van der Waals surface area contributed by atoms with E-state index in [2.05, 4.69) is 0 Å². The molecule has 1 aromatic rings. The molecule has 0 saturated carbocycles. The van der Waals surface area contributed by atoms with Crippen LogP contribution in [0, 0.1) is 0 Å². The standard InChI is InChI=1S/C14H21NO3S/c1-17-10-8-15(9-11-18-2)14(16)12-19-13-6-4-3-5-7-13/h3-7H,8-12H2,1-2H3. The molecule has 0 N–H and O–H groups in total. The molecule has 0 unspecified atom stereocenters. The van der Waals surface area contributed by atoms with Gasteiger partial charge in [-0.25, -0.2) is 0 Å². The number of hydrogen-bond acceptors (Lipinski definition) is 4. The maximum Gasteiger partial charge on any atom is 0.233 e. The minimum absolute atomic E-state index is 0.114. The third kappa shape index (κ3) is 6.61. The molecule has 0 heterocycles. The van der Waals surface area contributed by atoms with Crippen LogP contribution in [0.1, 0.15) is 0 Å². The number of carbonyl (C=O) groups excluding carboxylic acids is 1. The van der Waals surface area contributed by atoms with Crippen LogP contribution in [0.4, 0.5) is 0 Å². The monoisotopic (exact) mass is 283 g/mol. The minimum atomic E-state index is 0.114. The van der Waals surface area contributed by atoms with Crippen molar-refractivity contribution in [2.75, 3.05) is 46.3 Å². The van der Waals surface area contributed by atoms with Gasteiger partial charge in [-0.15, -0.1) is 11.8 Å². The summed E-state index contributed by atoms with van der Waals surface area (Å²) in [6.07, 6.45) is 0. The molecule has 5 heteroatoms. The summed E-state index contributed by atoms with van der Waals surface area (Å²) in [7, 11) is 3.27. The maximum atomic E-state index is 12.1. The van der Waals surface area contributed by atoms with Gasteiger partial charge in [0.1, 0.15) is 0 Å². The van der Waals surface area contributed by atoms with E-state index in [1.165, 1.54) is 0 Å². The van der Waals surface area contributed by atoms with Gasteiger partial charge in [0.25, 0.3) is 0 Å². The Balaban J connectivity index is 2.41. The molecule has 0 atom stereocenters. The van der Waals surface area contributed by atoms with Crippen LogP contribution in [-0.4, -0.2) is 57.1 Å². The Morgan fingerprint density at radius 1 is 1.11 bits per heavy atom. The van der Waals surface area contributed by atoms with Gasteiger partial charge in [-0.2, -0.15) is 0 Å². The molecule has 0 fully saturated rings. The van der Waals surface area contributed by atoms with Crippen LogP contribution in [0.25, 0.3) is 0 Å². The fourth-order valence-electron chi connectivity index (χ4n) is 1.52. The first-order chi connectivity index (χ1) is 9.27. The van der Waals surface area contributed by atoms with Crippen molar-refractivity contribution in [1.29, 1.82) is 0 Å². The van der Waals surface area contributed by atoms with Crippen LogP contribution in [0.5, 0.6) is 0 Å². The molecular weight excluding hydrogens is 262 g/mol. The van der Waals surface area contributed by atoms with Gasteiger partial charge in [-0.1, -0.05) is 18.2 Å². The Labute approximate surface area is 119 Å². The second-order valence-corrected chi connectivity index (χ2v) is 5.02. The van der Waals surface area contributed by atoms with E-state index in [1.54, 1.807) is 30.9 Å². The van der Waals surface area contributed by atoms with Gasteiger partial charge < -0.3 is 14.4 Å². The molecule has 0 aromatic heterocycles. The van der Waals surface area contributed by atoms with Crippen LogP contribution in [0.2, 0.25) is 0 Å². The molecule has 4 nitrogen and oxygen atoms in total. The van der Waals surface area contributed by atoms with Crippen molar-refractivity contribution < 1.29 is 14.3 Å². The van der Waals surface area contributed by atoms with Crippen molar-refractivity contribution in [1.82, 2.24) is 4.90 Å². The first kappa shape index (κ1) is 16.0. The van der Waals surface area contributed by atoms with Gasteiger partial charge in [0.2, 0.25) is 5.91 Å². The smallest absolute Gasteiger partial charge is 0.233 e. The highest BCUT2D eigenvalue weighted by Crippen LogP contribution is 2.17. The number of methoxy groups -OCH3 is 2. The summed E-state index contributed by atoms with van der Waals surface area (Å²) in [4.78, 5) is 15.0. The lowest BCUT2D eigenvalue weighted by molar-refractivity contribution is -0.129. The zero-order valence-corrected chi connectivity index (χ0v) is 12.3. The van der Waals surface area contributed by atoms with Crippen LogP contribution < -0.4 is 0 Å². The topological polar surface area (TPSA) is 38.8 Å². The van der Waals surface area contributed by atoms with E-state index in [4.69, 9.17) is 9.47 Å². The number of amides is 1. The summed E-state index contributed by atoms with van der Waals surface area (Å²) in [6.45, 7) is 2.30. The lowest BCUT2D eigenvalue weighted by Crippen LogP contribution is -2.37. The zero-order chi connectivity index (χ0) is 13.9. The summed E-state index contributed by atoms with van der Waals surface area (Å²) in [6, 6.07) is 9.93. The van der Waals surface area contributed by atoms with E-state index < -0.39 is 0 Å². The Kier molecular flexibility index (Phi) is 8.29. The Morgan fingerprint density at radius 2 is 1.68 bits per heavy atom. The highest BCUT2D eigenvalue weighted by atomic mass is 32.2. The Hall–Kier alpha value is -1.04. The Morgan fingerprint density at radius 3 is 2.21 bits per heavy atom. The lowest BCUT2D eigenvalue weighted by Gasteiger charge is -2.21. The number of nitrogens with zero attached hydrogens (tertiary/aromatic N) is 1. The Bertz CT molecular complexity index is 351. The largest absolute Gasteiger partial charge is 0.383 e. The second kappa shape index (κ2) is 9.83. The fraction of sp³-hybridized carbons (Fsp3) is 0.500. The quantitative estimate of drug-likeness (QED) is 0.649. The van der Waals surface area contributed by atoms with Gasteiger partial charge in [-0.3, -0.25) is 4.79 Å². The summed E-state index contributed by atoms with van der Waals surface area (Å²) in [5.74, 6) is 0.556. The van der Waals surface area contributed by atoms with Gasteiger partial charge >= 0.3 is 0 Å². The molecule has 0 radical (unpaired) electrons. The third-order valence-corrected chi connectivity index (χ3v) is 3.59. The zero-order valence-electron chi connectivity index (χ0n) is 11.5. The lowest BCUT2D eigenvalue weighted by atomic mass is 10.4. The van der Waals surface area contributed by atoms with Crippen LogP contribution >= 0.6 is 11.8 Å². The first-order valence-corrected chi connectivity index (χ1v) is 7.20. The number of ether oxygens (including phenoxy) is 2. The van der Waals surface area contributed by atoms with Crippen LogP contribution in [-0.2, 0) is 14.3 Å². The summed E-state index contributed by atoms with van der Waals surface area (Å²) in [5, 5.41) is 0. The second-order valence-electron chi connectivity index (χ2n) is 3.97. The van der Waals surface area contributed by atoms with Crippen molar-refractivity contribution in [3.8, 4) is 0 Å². The molecule has 0 aliphatic heterocycles. The van der Waals surface area contributed by atoms with Gasteiger partial charge in [0, 0.05) is 32.2 Å². The molecule has 0 spiro atoms. The average Bonchev–Trinajstić information content (AvgIpc) is 2.46. The van der Waals surface area contributed by atoms with E-state index in [-0.39, 0.29) is 5.91 Å². The number of thioether (sulfide) groups is 1. The molecule has 0 aliphatic carbocycles. The molecule has 1 aromatic carbocycles. The molecule has 0 saturated heterocycles. The van der Waals surface area contributed by atoms with E-state index in [0.29, 0.717) is 32.1 Å². The number of carbonyl (C=O) groups is 1. The highest BCUT2D eigenvalue weighted by Gasteiger charge is 2.13. The number of benzene rings is 1. The van der Waals surface area contributed by atoms with Crippen molar-refractivity contribution in [2.45, 2.75) is 4.90 Å². The molecular formula is C14H21NO3S. The van der Waals surface area contributed by atoms with Gasteiger partial charge in [-0.05, 0) is 12.1 Å². The average molecular weight is 283 g/mol. The predicted octanol–water partition coefficient (Wildman–Crippen LogP) is 1.90. The SMILES string of the molecule is COCCN(CCOC)C(=O)CSc1ccccc1. The van der Waals surface area contributed by atoms with E-state index in [0.717, 1.165) is 4.90 Å². The van der Waals surface area contributed by atoms with Crippen molar-refractivity contribution in [3.63, 3.8) is 0 Å². The van der Waals surface area contributed by atoms with Crippen molar-refractivity contribution in [2.24, 2.45) is 0 Å². The molecule has 1 rings (SSSR count). The molecule has 1 amide bonds. The predicted molar refractivity (Wildman–Crippen MR) is 77.5 cm³/mol. The highest BCUT2D eigenvalue weighted by molar-refractivity contribution is 8.00. The number of hydrogen-bond donors (Lipinski definition) is 0. The normalized spacial score (nSPS) is 10.4. The molecule has 0 aliphatic rings. The summed E-state index contributed by atoms with van der Waals surface area (Å²) < 4.78 is 10.0. The third-order valence-electron chi connectivity index (χ3n) is 2.59. The summed E-state index contributed by atoms with van der Waals surface area (Å²) >= 11 is 1.55. The molecule has 106 valence electrons. The van der Waals surface area contributed by atoms with Crippen molar-refractivity contribution >= 4 is 17.7 Å². The first-order valence-electron chi connectivity index (χ1n) is 6.21. The molecule has 19 heavy (non-hydrogen) atoms. The number of rotatable bonds is 9. The van der Waals surface area contributed by atoms with Crippen molar-refractivity contribution in [3.05, 3.63) is 30.3 Å². The van der Waals surface area contributed by atoms with E-state index in [1.807, 2.05) is 30.3 Å². The minimum Gasteiger partial charge on any atom is -0.383 e. The maximum absolute atomic E-state index is 12.1. The van der Waals surface area contributed by atoms with E-state index in [9.17, 15) is 4.79 Å². The summed E-state index contributed by atoms with van der Waals surface area (Å²) in [5.41, 5.74) is 0. The van der Waals surface area contributed by atoms with E-state index >= 15 is 0 Å². The van der Waals surface area contributed by atoms with Gasteiger partial charge in [0.15, 0.2) is 0 Å². The fourth-order valence-corrected chi connectivity index (χ4v) is 2.34.